The van der Waals surface area contributed by atoms with Gasteiger partial charge in [-0.3, -0.25) is 9.69 Å². The average Bonchev–Trinajstić information content (AvgIpc) is 2.95. The molecule has 1 amide bonds. The number of carbonyl (C=O) groups is 1. The molecule has 1 aliphatic rings. The quantitative estimate of drug-likeness (QED) is 0.813. The lowest BCUT2D eigenvalue weighted by Gasteiger charge is -2.24. The van der Waals surface area contributed by atoms with Gasteiger partial charge in [-0.25, -0.2) is 4.39 Å². The number of nitrogens with zero attached hydrogens (tertiary/aromatic N) is 1. The van der Waals surface area contributed by atoms with Gasteiger partial charge in [0.15, 0.2) is 0 Å². The Morgan fingerprint density at radius 2 is 2.00 bits per heavy atom. The van der Waals surface area contributed by atoms with Crippen molar-refractivity contribution in [3.8, 4) is 0 Å². The van der Waals surface area contributed by atoms with Crippen molar-refractivity contribution in [1.29, 1.82) is 0 Å². The van der Waals surface area contributed by atoms with E-state index < -0.39 is 0 Å². The minimum absolute atomic E-state index is 0. The van der Waals surface area contributed by atoms with E-state index in [1.807, 2.05) is 14.0 Å². The number of nitrogens with one attached hydrogen (secondary N) is 2. The van der Waals surface area contributed by atoms with Crippen molar-refractivity contribution in [3.05, 3.63) is 35.6 Å². The molecule has 1 aromatic carbocycles. The van der Waals surface area contributed by atoms with E-state index in [2.05, 4.69) is 15.5 Å². The van der Waals surface area contributed by atoms with Crippen molar-refractivity contribution >= 4 is 30.7 Å². The number of amides is 1. The molecule has 0 bridgehead atoms. The number of halogens is 3. The third kappa shape index (κ3) is 6.63. The van der Waals surface area contributed by atoms with Crippen LogP contribution in [0.1, 0.15) is 25.3 Å². The van der Waals surface area contributed by atoms with Gasteiger partial charge in [0.25, 0.3) is 0 Å². The lowest BCUT2D eigenvalue weighted by Crippen LogP contribution is -2.46. The fourth-order valence-electron chi connectivity index (χ4n) is 2.61. The molecule has 132 valence electrons. The topological polar surface area (TPSA) is 44.4 Å². The predicted molar refractivity (Wildman–Crippen MR) is 95.9 cm³/mol. The molecule has 0 radical (unpaired) electrons. The fourth-order valence-corrected chi connectivity index (χ4v) is 2.61. The smallest absolute Gasteiger partial charge is 0.237 e. The molecular formula is C16H26Cl2FN3O. The molecule has 2 rings (SSSR count). The monoisotopic (exact) mass is 365 g/mol. The van der Waals surface area contributed by atoms with Crippen LogP contribution in [0.5, 0.6) is 0 Å². The van der Waals surface area contributed by atoms with Gasteiger partial charge in [0, 0.05) is 19.1 Å². The van der Waals surface area contributed by atoms with Gasteiger partial charge in [-0.1, -0.05) is 12.1 Å². The van der Waals surface area contributed by atoms with Crippen LogP contribution in [-0.4, -0.2) is 43.0 Å². The summed E-state index contributed by atoms with van der Waals surface area (Å²) < 4.78 is 12.9. The molecule has 2 atom stereocenters. The maximum Gasteiger partial charge on any atom is 0.237 e. The van der Waals surface area contributed by atoms with Crippen LogP contribution in [0, 0.1) is 5.82 Å². The van der Waals surface area contributed by atoms with Gasteiger partial charge in [0.1, 0.15) is 5.82 Å². The summed E-state index contributed by atoms with van der Waals surface area (Å²) in [6.45, 7) is 4.28. The highest BCUT2D eigenvalue weighted by Crippen LogP contribution is 2.20. The summed E-state index contributed by atoms with van der Waals surface area (Å²) in [6.07, 6.45) is 1.92. The van der Waals surface area contributed by atoms with Gasteiger partial charge < -0.3 is 10.6 Å². The first-order valence-corrected chi connectivity index (χ1v) is 7.53. The van der Waals surface area contributed by atoms with Gasteiger partial charge in [-0.05, 0) is 51.1 Å². The Morgan fingerprint density at radius 3 is 2.61 bits per heavy atom. The summed E-state index contributed by atoms with van der Waals surface area (Å²) in [4.78, 5) is 14.5. The Morgan fingerprint density at radius 1 is 1.35 bits per heavy atom. The second kappa shape index (κ2) is 10.8. The van der Waals surface area contributed by atoms with Crippen molar-refractivity contribution in [2.75, 3.05) is 20.1 Å². The van der Waals surface area contributed by atoms with Gasteiger partial charge in [-0.2, -0.15) is 0 Å². The molecule has 7 heteroatoms. The molecule has 1 aromatic rings. The Hall–Kier alpha value is -0.880. The summed E-state index contributed by atoms with van der Waals surface area (Å²) in [5.74, 6) is -0.132. The van der Waals surface area contributed by atoms with E-state index in [-0.39, 0.29) is 48.6 Å². The average molecular weight is 366 g/mol. The van der Waals surface area contributed by atoms with E-state index in [9.17, 15) is 9.18 Å². The molecule has 0 spiro atoms. The highest BCUT2D eigenvalue weighted by atomic mass is 35.5. The van der Waals surface area contributed by atoms with E-state index in [1.165, 1.54) is 12.1 Å². The Balaban J connectivity index is 0.00000242. The zero-order valence-corrected chi connectivity index (χ0v) is 15.2. The minimum Gasteiger partial charge on any atom is -0.353 e. The first-order chi connectivity index (χ1) is 10.1. The molecule has 0 saturated carbocycles. The predicted octanol–water partition coefficient (Wildman–Crippen LogP) is 2.36. The SMILES string of the molecule is CNC(C)CNC(=O)C1CCCN1Cc1ccc(F)cc1.Cl.Cl. The molecule has 1 saturated heterocycles. The first kappa shape index (κ1) is 22.1. The summed E-state index contributed by atoms with van der Waals surface area (Å²) in [6, 6.07) is 6.70. The van der Waals surface area contributed by atoms with Crippen molar-refractivity contribution in [1.82, 2.24) is 15.5 Å². The van der Waals surface area contributed by atoms with E-state index in [1.54, 1.807) is 12.1 Å². The minimum atomic E-state index is -0.226. The zero-order valence-electron chi connectivity index (χ0n) is 13.5. The second-order valence-electron chi connectivity index (χ2n) is 5.69. The van der Waals surface area contributed by atoms with Crippen LogP contribution in [0.15, 0.2) is 24.3 Å². The number of likely N-dealkylation sites (N-methyl/N-ethyl adjacent to an activating group) is 1. The van der Waals surface area contributed by atoms with Crippen LogP contribution < -0.4 is 10.6 Å². The number of hydrogen-bond donors (Lipinski definition) is 2. The molecule has 0 aromatic heterocycles. The molecular weight excluding hydrogens is 340 g/mol. The highest BCUT2D eigenvalue weighted by Gasteiger charge is 2.30. The van der Waals surface area contributed by atoms with Gasteiger partial charge in [-0.15, -0.1) is 24.8 Å². The number of likely N-dealkylation sites (tertiary alicyclic amines) is 1. The summed E-state index contributed by atoms with van der Waals surface area (Å²) in [5.41, 5.74) is 1.04. The van der Waals surface area contributed by atoms with Crippen LogP contribution in [0.4, 0.5) is 4.39 Å². The normalized spacial score (nSPS) is 18.7. The summed E-state index contributed by atoms with van der Waals surface area (Å²) in [5, 5.41) is 6.10. The summed E-state index contributed by atoms with van der Waals surface area (Å²) >= 11 is 0. The molecule has 0 aliphatic carbocycles. The van der Waals surface area contributed by atoms with Gasteiger partial charge in [0.05, 0.1) is 6.04 Å². The largest absolute Gasteiger partial charge is 0.353 e. The lowest BCUT2D eigenvalue weighted by atomic mass is 10.1. The van der Waals surface area contributed by atoms with E-state index in [0.717, 1.165) is 24.9 Å². The third-order valence-electron chi connectivity index (χ3n) is 4.04. The van der Waals surface area contributed by atoms with Crippen LogP contribution in [-0.2, 0) is 11.3 Å². The van der Waals surface area contributed by atoms with Gasteiger partial charge in [0.2, 0.25) is 5.91 Å². The molecule has 23 heavy (non-hydrogen) atoms. The van der Waals surface area contributed by atoms with Crippen LogP contribution >= 0.6 is 24.8 Å². The third-order valence-corrected chi connectivity index (χ3v) is 4.04. The number of carbonyl (C=O) groups excluding carboxylic acids is 1. The fraction of sp³-hybridized carbons (Fsp3) is 0.562. The molecule has 1 aliphatic heterocycles. The van der Waals surface area contributed by atoms with Gasteiger partial charge >= 0.3 is 0 Å². The van der Waals surface area contributed by atoms with Crippen molar-refractivity contribution in [2.24, 2.45) is 0 Å². The second-order valence-corrected chi connectivity index (χ2v) is 5.69. The molecule has 4 nitrogen and oxygen atoms in total. The maximum absolute atomic E-state index is 12.9. The van der Waals surface area contributed by atoms with E-state index >= 15 is 0 Å². The van der Waals surface area contributed by atoms with Crippen LogP contribution in [0.3, 0.4) is 0 Å². The Kier molecular flexibility index (Phi) is 10.4. The van der Waals surface area contributed by atoms with E-state index in [0.29, 0.717) is 13.1 Å². The molecule has 2 unspecified atom stereocenters. The van der Waals surface area contributed by atoms with Crippen molar-refractivity contribution in [3.63, 3.8) is 0 Å². The van der Waals surface area contributed by atoms with Crippen molar-refractivity contribution in [2.45, 2.75) is 38.4 Å². The Bertz CT molecular complexity index is 473. The highest BCUT2D eigenvalue weighted by molar-refractivity contribution is 5.85. The van der Waals surface area contributed by atoms with Crippen molar-refractivity contribution < 1.29 is 9.18 Å². The molecule has 2 N–H and O–H groups in total. The Labute approximate surface area is 150 Å². The van der Waals surface area contributed by atoms with Crippen LogP contribution in [0.25, 0.3) is 0 Å². The number of rotatable bonds is 6. The lowest BCUT2D eigenvalue weighted by molar-refractivity contribution is -0.125. The van der Waals surface area contributed by atoms with Crippen LogP contribution in [0.2, 0.25) is 0 Å². The van der Waals surface area contributed by atoms with E-state index in [4.69, 9.17) is 0 Å². The number of benzene rings is 1. The molecule has 1 fully saturated rings. The molecule has 1 heterocycles. The maximum atomic E-state index is 12.9. The standard InChI is InChI=1S/C16H24FN3O.2ClH/c1-12(18-2)10-19-16(21)15-4-3-9-20(15)11-13-5-7-14(17)8-6-13;;/h5-8,12,15,18H,3-4,9-11H2,1-2H3,(H,19,21);2*1H. The number of hydrogen-bond acceptors (Lipinski definition) is 3. The summed E-state index contributed by atoms with van der Waals surface area (Å²) in [7, 11) is 1.88. The zero-order chi connectivity index (χ0) is 15.2. The first-order valence-electron chi connectivity index (χ1n) is 7.53.